The summed E-state index contributed by atoms with van der Waals surface area (Å²) >= 11 is 0. The highest BCUT2D eigenvalue weighted by molar-refractivity contribution is 5.80. The van der Waals surface area contributed by atoms with Gasteiger partial charge in [0.25, 0.3) is 6.47 Å². The topological polar surface area (TPSA) is 59.3 Å². The molecule has 23 heavy (non-hydrogen) atoms. The van der Waals surface area contributed by atoms with Crippen LogP contribution in [0.5, 0.6) is 0 Å². The van der Waals surface area contributed by atoms with Gasteiger partial charge in [-0.05, 0) is 36.6 Å². The largest absolute Gasteiger partial charge is 0.483 e. The Balaban J connectivity index is 0.000000595. The van der Waals surface area contributed by atoms with Crippen molar-refractivity contribution in [2.75, 3.05) is 0 Å². The van der Waals surface area contributed by atoms with Gasteiger partial charge in [0, 0.05) is 24.2 Å². The Morgan fingerprint density at radius 1 is 1.09 bits per heavy atom. The summed E-state index contributed by atoms with van der Waals surface area (Å²) < 4.78 is 2.01. The predicted octanol–water partition coefficient (Wildman–Crippen LogP) is 3.14. The van der Waals surface area contributed by atoms with Crippen molar-refractivity contribution in [1.82, 2.24) is 4.57 Å². The lowest BCUT2D eigenvalue weighted by Crippen LogP contribution is -2.10. The van der Waals surface area contributed by atoms with Gasteiger partial charge in [-0.3, -0.25) is 9.59 Å². The number of carbonyl (C=O) groups is 1. The standard InChI is InChI=1S/C18H17NO.CH2O2/c1-13-12-19(2)17-9-8-15(11-16(17)18(13)20)10-14-6-4-3-5-7-14;2-1-3/h3-9,11-12H,10H2,1-2H3;1H,(H,2,3). The molecule has 3 aromatic rings. The zero-order valence-electron chi connectivity index (χ0n) is 13.2. The maximum atomic E-state index is 12.3. The lowest BCUT2D eigenvalue weighted by atomic mass is 10.0. The number of benzene rings is 2. The Kier molecular flexibility index (Phi) is 5.31. The molecule has 0 aliphatic carbocycles. The lowest BCUT2D eigenvalue weighted by Gasteiger charge is -2.09. The van der Waals surface area contributed by atoms with Gasteiger partial charge in [-0.2, -0.15) is 0 Å². The predicted molar refractivity (Wildman–Crippen MR) is 91.9 cm³/mol. The maximum Gasteiger partial charge on any atom is 0.290 e. The highest BCUT2D eigenvalue weighted by Crippen LogP contribution is 2.16. The molecule has 0 unspecified atom stereocenters. The molecule has 2 aromatic carbocycles. The van der Waals surface area contributed by atoms with Crippen molar-refractivity contribution >= 4 is 17.4 Å². The highest BCUT2D eigenvalue weighted by Gasteiger charge is 2.06. The SMILES string of the molecule is Cc1cn(C)c2ccc(Cc3ccccc3)cc2c1=O.O=CO. The fourth-order valence-corrected chi connectivity index (χ4v) is 2.65. The summed E-state index contributed by atoms with van der Waals surface area (Å²) in [7, 11) is 1.98. The minimum absolute atomic E-state index is 0.132. The van der Waals surface area contributed by atoms with Crippen LogP contribution in [0.25, 0.3) is 10.9 Å². The van der Waals surface area contributed by atoms with Crippen LogP contribution in [-0.4, -0.2) is 16.1 Å². The van der Waals surface area contributed by atoms with Gasteiger partial charge < -0.3 is 9.67 Å². The first kappa shape index (κ1) is 16.5. The molecule has 0 radical (unpaired) electrons. The van der Waals surface area contributed by atoms with E-state index in [-0.39, 0.29) is 11.9 Å². The molecule has 3 rings (SSSR count). The van der Waals surface area contributed by atoms with Crippen LogP contribution in [0.15, 0.2) is 59.5 Å². The summed E-state index contributed by atoms with van der Waals surface area (Å²) in [5, 5.41) is 7.70. The number of carboxylic acid groups (broad SMARTS) is 1. The fraction of sp³-hybridized carbons (Fsp3) is 0.158. The van der Waals surface area contributed by atoms with Crippen LogP contribution in [0.2, 0.25) is 0 Å². The third-order valence-corrected chi connectivity index (χ3v) is 3.68. The second kappa shape index (κ2) is 7.40. The van der Waals surface area contributed by atoms with E-state index in [1.54, 1.807) is 0 Å². The van der Waals surface area contributed by atoms with Gasteiger partial charge in [0.2, 0.25) is 0 Å². The van der Waals surface area contributed by atoms with Crippen LogP contribution in [0.1, 0.15) is 16.7 Å². The Hall–Kier alpha value is -2.88. The maximum absolute atomic E-state index is 12.3. The van der Waals surface area contributed by atoms with E-state index in [0.29, 0.717) is 0 Å². The van der Waals surface area contributed by atoms with Gasteiger partial charge in [0.05, 0.1) is 5.52 Å². The first-order valence-electron chi connectivity index (χ1n) is 7.27. The average molecular weight is 309 g/mol. The first-order valence-corrected chi connectivity index (χ1v) is 7.27. The second-order valence-electron chi connectivity index (χ2n) is 5.37. The third kappa shape index (κ3) is 3.86. The van der Waals surface area contributed by atoms with E-state index >= 15 is 0 Å². The Bertz CT molecular complexity index is 867. The molecule has 0 aliphatic rings. The summed E-state index contributed by atoms with van der Waals surface area (Å²) in [4.78, 5) is 20.6. The molecular weight excluding hydrogens is 290 g/mol. The molecule has 0 atom stereocenters. The van der Waals surface area contributed by atoms with Crippen molar-refractivity contribution < 1.29 is 9.90 Å². The minimum atomic E-state index is -0.250. The molecule has 1 heterocycles. The summed E-state index contributed by atoms with van der Waals surface area (Å²) in [5.74, 6) is 0. The molecule has 0 amide bonds. The van der Waals surface area contributed by atoms with Crippen molar-refractivity contribution in [3.63, 3.8) is 0 Å². The van der Waals surface area contributed by atoms with Gasteiger partial charge in [0.1, 0.15) is 0 Å². The number of hydrogen-bond donors (Lipinski definition) is 1. The molecule has 0 bridgehead atoms. The van der Waals surface area contributed by atoms with Gasteiger partial charge in [-0.1, -0.05) is 36.4 Å². The molecule has 0 saturated carbocycles. The van der Waals surface area contributed by atoms with Crippen LogP contribution >= 0.6 is 0 Å². The molecular formula is C19H19NO3. The summed E-state index contributed by atoms with van der Waals surface area (Å²) in [6.45, 7) is 1.62. The number of pyridine rings is 1. The lowest BCUT2D eigenvalue weighted by molar-refractivity contribution is -0.122. The van der Waals surface area contributed by atoms with Crippen LogP contribution in [-0.2, 0) is 18.3 Å². The highest BCUT2D eigenvalue weighted by atomic mass is 16.3. The molecule has 118 valence electrons. The van der Waals surface area contributed by atoms with Gasteiger partial charge >= 0.3 is 0 Å². The minimum Gasteiger partial charge on any atom is -0.483 e. The number of rotatable bonds is 2. The summed E-state index contributed by atoms with van der Waals surface area (Å²) in [6, 6.07) is 16.5. The van der Waals surface area contributed by atoms with Crippen LogP contribution in [0, 0.1) is 6.92 Å². The average Bonchev–Trinajstić information content (AvgIpc) is 2.54. The van der Waals surface area contributed by atoms with E-state index in [4.69, 9.17) is 9.90 Å². The van der Waals surface area contributed by atoms with E-state index in [0.717, 1.165) is 22.9 Å². The van der Waals surface area contributed by atoms with E-state index < -0.39 is 0 Å². The van der Waals surface area contributed by atoms with Crippen LogP contribution in [0.3, 0.4) is 0 Å². The Morgan fingerprint density at radius 2 is 1.74 bits per heavy atom. The fourth-order valence-electron chi connectivity index (χ4n) is 2.65. The molecule has 0 fully saturated rings. The molecule has 4 heteroatoms. The molecule has 0 spiro atoms. The molecule has 0 saturated heterocycles. The Labute approximate surface area is 134 Å². The number of aryl methyl sites for hydroxylation is 2. The van der Waals surface area contributed by atoms with Crippen LogP contribution < -0.4 is 5.43 Å². The van der Waals surface area contributed by atoms with Crippen molar-refractivity contribution in [2.24, 2.45) is 7.05 Å². The molecule has 1 N–H and O–H groups in total. The van der Waals surface area contributed by atoms with Crippen molar-refractivity contribution in [2.45, 2.75) is 13.3 Å². The summed E-state index contributed by atoms with van der Waals surface area (Å²) in [6.07, 6.45) is 2.75. The van der Waals surface area contributed by atoms with E-state index in [1.165, 1.54) is 11.1 Å². The number of fused-ring (bicyclic) bond motifs is 1. The van der Waals surface area contributed by atoms with E-state index in [9.17, 15) is 4.79 Å². The van der Waals surface area contributed by atoms with Gasteiger partial charge in [-0.15, -0.1) is 0 Å². The van der Waals surface area contributed by atoms with Crippen LogP contribution in [0.4, 0.5) is 0 Å². The van der Waals surface area contributed by atoms with E-state index in [1.807, 2.05) is 55.1 Å². The first-order chi connectivity index (χ1) is 11.1. The number of hydrogen-bond acceptors (Lipinski definition) is 2. The Morgan fingerprint density at radius 3 is 2.39 bits per heavy atom. The third-order valence-electron chi connectivity index (χ3n) is 3.68. The zero-order chi connectivity index (χ0) is 16.8. The number of aromatic nitrogens is 1. The van der Waals surface area contributed by atoms with Crippen molar-refractivity contribution in [1.29, 1.82) is 0 Å². The monoisotopic (exact) mass is 309 g/mol. The second-order valence-corrected chi connectivity index (χ2v) is 5.37. The van der Waals surface area contributed by atoms with Crippen molar-refractivity contribution in [3.05, 3.63) is 81.6 Å². The number of nitrogens with zero attached hydrogens (tertiary/aromatic N) is 1. The molecule has 0 aliphatic heterocycles. The smallest absolute Gasteiger partial charge is 0.290 e. The van der Waals surface area contributed by atoms with Gasteiger partial charge in [-0.25, -0.2) is 0 Å². The normalized spacial score (nSPS) is 10.0. The molecule has 4 nitrogen and oxygen atoms in total. The zero-order valence-corrected chi connectivity index (χ0v) is 13.2. The molecule has 1 aromatic heterocycles. The van der Waals surface area contributed by atoms with Gasteiger partial charge in [0.15, 0.2) is 5.43 Å². The van der Waals surface area contributed by atoms with E-state index in [2.05, 4.69) is 18.2 Å². The van der Waals surface area contributed by atoms with Crippen molar-refractivity contribution in [3.8, 4) is 0 Å². The summed E-state index contributed by atoms with van der Waals surface area (Å²) in [5.41, 5.74) is 4.34. The quantitative estimate of drug-likeness (QED) is 0.740.